The molecule has 2 atom stereocenters. The van der Waals surface area contributed by atoms with E-state index >= 15 is 0 Å². The average molecular weight is 708 g/mol. The molecule has 0 heterocycles. The molecule has 0 spiro atoms. The van der Waals surface area contributed by atoms with Crippen LogP contribution >= 0.6 is 0 Å². The number of unbranched alkanes of at least 4 members (excludes halogenated alkanes) is 29. The molecule has 3 N–H and O–H groups in total. The molecular formula is C44H85NO5. The van der Waals surface area contributed by atoms with Gasteiger partial charge in [0.05, 0.1) is 25.4 Å². The minimum atomic E-state index is -0.848. The number of carbonyl (C=O) groups excluding carboxylic acids is 2. The topological polar surface area (TPSA) is 95.9 Å². The van der Waals surface area contributed by atoms with Crippen LogP contribution in [0.25, 0.3) is 0 Å². The van der Waals surface area contributed by atoms with Gasteiger partial charge in [-0.3, -0.25) is 9.59 Å². The summed E-state index contributed by atoms with van der Waals surface area (Å²) in [4.78, 5) is 24.3. The molecule has 0 aromatic carbocycles. The zero-order valence-corrected chi connectivity index (χ0v) is 33.4. The lowest BCUT2D eigenvalue weighted by Crippen LogP contribution is -2.45. The lowest BCUT2D eigenvalue weighted by molar-refractivity contribution is -0.143. The smallest absolute Gasteiger partial charge is 0.305 e. The predicted octanol–water partition coefficient (Wildman–Crippen LogP) is 12.2. The highest BCUT2D eigenvalue weighted by Crippen LogP contribution is 2.15. The molecule has 0 fully saturated rings. The van der Waals surface area contributed by atoms with Gasteiger partial charge in [0.2, 0.25) is 5.91 Å². The van der Waals surface area contributed by atoms with Crippen molar-refractivity contribution >= 4 is 11.9 Å². The van der Waals surface area contributed by atoms with Gasteiger partial charge in [0.25, 0.3) is 0 Å². The van der Waals surface area contributed by atoms with Crippen LogP contribution < -0.4 is 5.32 Å². The van der Waals surface area contributed by atoms with Gasteiger partial charge in [-0.15, -0.1) is 0 Å². The summed E-state index contributed by atoms with van der Waals surface area (Å²) < 4.78 is 5.43. The van der Waals surface area contributed by atoms with Crippen molar-refractivity contribution in [3.63, 3.8) is 0 Å². The van der Waals surface area contributed by atoms with Crippen LogP contribution in [0.4, 0.5) is 0 Å². The van der Waals surface area contributed by atoms with Crippen molar-refractivity contribution in [2.24, 2.45) is 0 Å². The van der Waals surface area contributed by atoms with Crippen LogP contribution in [-0.4, -0.2) is 47.4 Å². The Kier molecular flexibility index (Phi) is 39.2. The number of carbonyl (C=O) groups is 2. The van der Waals surface area contributed by atoms with Gasteiger partial charge in [0.15, 0.2) is 0 Å². The van der Waals surface area contributed by atoms with Gasteiger partial charge in [-0.2, -0.15) is 0 Å². The Bertz CT molecular complexity index is 742. The van der Waals surface area contributed by atoms with Gasteiger partial charge >= 0.3 is 5.97 Å². The summed E-state index contributed by atoms with van der Waals surface area (Å²) in [5, 5.41) is 22.8. The number of amides is 1. The number of esters is 1. The number of ether oxygens (including phenoxy) is 1. The fraction of sp³-hybridized carbons (Fsp3) is 0.909. The maximum atomic E-state index is 12.3. The Morgan fingerprint density at radius 2 is 0.920 bits per heavy atom. The SMILES string of the molecule is CCCCCCCCC/C=C/C(O)C(CO)NC(=O)CCCCCCCCCCCCCCCOC(=O)CCCCCCCCCCCCC. The molecular weight excluding hydrogens is 622 g/mol. The molecule has 0 bridgehead atoms. The zero-order chi connectivity index (χ0) is 36.6. The third-order valence-electron chi connectivity index (χ3n) is 10.1. The Hall–Kier alpha value is -1.40. The van der Waals surface area contributed by atoms with Crippen molar-refractivity contribution in [2.45, 2.75) is 244 Å². The molecule has 296 valence electrons. The number of aliphatic hydroxyl groups is 2. The van der Waals surface area contributed by atoms with Crippen LogP contribution in [0.1, 0.15) is 232 Å². The van der Waals surface area contributed by atoms with E-state index < -0.39 is 12.1 Å². The summed E-state index contributed by atoms with van der Waals surface area (Å²) in [6, 6.07) is -0.633. The van der Waals surface area contributed by atoms with Crippen molar-refractivity contribution in [1.29, 1.82) is 0 Å². The molecule has 0 aliphatic heterocycles. The van der Waals surface area contributed by atoms with E-state index in [1.165, 1.54) is 148 Å². The summed E-state index contributed by atoms with van der Waals surface area (Å²) in [7, 11) is 0. The normalized spacial score (nSPS) is 12.8. The van der Waals surface area contributed by atoms with E-state index in [2.05, 4.69) is 19.2 Å². The second kappa shape index (κ2) is 40.4. The molecule has 0 aromatic rings. The van der Waals surface area contributed by atoms with Crippen LogP contribution in [0.15, 0.2) is 12.2 Å². The molecule has 1 amide bonds. The predicted molar refractivity (Wildman–Crippen MR) is 213 cm³/mol. The zero-order valence-electron chi connectivity index (χ0n) is 33.4. The molecule has 0 aliphatic carbocycles. The van der Waals surface area contributed by atoms with Crippen molar-refractivity contribution in [1.82, 2.24) is 5.32 Å². The summed E-state index contributed by atoms with van der Waals surface area (Å²) in [6.45, 7) is 4.83. The van der Waals surface area contributed by atoms with Gasteiger partial charge in [-0.05, 0) is 32.1 Å². The summed E-state index contributed by atoms with van der Waals surface area (Å²) >= 11 is 0. The molecule has 6 heteroatoms. The van der Waals surface area contributed by atoms with Crippen molar-refractivity contribution < 1.29 is 24.5 Å². The average Bonchev–Trinajstić information content (AvgIpc) is 3.11. The lowest BCUT2D eigenvalue weighted by Gasteiger charge is -2.20. The minimum absolute atomic E-state index is 0.00812. The van der Waals surface area contributed by atoms with Crippen molar-refractivity contribution in [2.75, 3.05) is 13.2 Å². The van der Waals surface area contributed by atoms with Gasteiger partial charge < -0.3 is 20.3 Å². The third-order valence-corrected chi connectivity index (χ3v) is 10.1. The van der Waals surface area contributed by atoms with Gasteiger partial charge in [0.1, 0.15) is 0 Å². The molecule has 6 nitrogen and oxygen atoms in total. The lowest BCUT2D eigenvalue weighted by atomic mass is 10.0. The third kappa shape index (κ3) is 36.4. The van der Waals surface area contributed by atoms with E-state index in [4.69, 9.17) is 4.74 Å². The highest BCUT2D eigenvalue weighted by molar-refractivity contribution is 5.76. The van der Waals surface area contributed by atoms with Crippen molar-refractivity contribution in [3.8, 4) is 0 Å². The second-order valence-corrected chi connectivity index (χ2v) is 15.0. The molecule has 0 rings (SSSR count). The highest BCUT2D eigenvalue weighted by atomic mass is 16.5. The summed E-state index contributed by atoms with van der Waals surface area (Å²) in [6.07, 6.45) is 43.4. The molecule has 50 heavy (non-hydrogen) atoms. The standard InChI is InChI=1S/C44H85NO5/c1-3-5-7-9-11-13-17-22-26-30-34-38-44(49)50-39-35-31-27-23-19-16-14-15-18-21-25-29-33-37-43(48)45-41(40-46)42(47)36-32-28-24-20-12-10-8-6-4-2/h32,36,41-42,46-47H,3-31,33-35,37-40H2,1-2H3,(H,45,48)/b36-32+. The van der Waals surface area contributed by atoms with Crippen LogP contribution in [0, 0.1) is 0 Å². The number of hydrogen-bond donors (Lipinski definition) is 3. The van der Waals surface area contributed by atoms with E-state index in [0.29, 0.717) is 19.4 Å². The Morgan fingerprint density at radius 1 is 0.540 bits per heavy atom. The first-order valence-corrected chi connectivity index (χ1v) is 22.0. The van der Waals surface area contributed by atoms with Gasteiger partial charge in [-0.25, -0.2) is 0 Å². The monoisotopic (exact) mass is 708 g/mol. The fourth-order valence-electron chi connectivity index (χ4n) is 6.63. The Morgan fingerprint density at radius 3 is 1.36 bits per heavy atom. The fourth-order valence-corrected chi connectivity index (χ4v) is 6.63. The van der Waals surface area contributed by atoms with E-state index in [-0.39, 0.29) is 18.5 Å². The molecule has 0 saturated carbocycles. The van der Waals surface area contributed by atoms with E-state index in [1.54, 1.807) is 6.08 Å². The summed E-state index contributed by atoms with van der Waals surface area (Å²) in [5.74, 6) is -0.0920. The second-order valence-electron chi connectivity index (χ2n) is 15.0. The first kappa shape index (κ1) is 48.6. The Balaban J connectivity index is 3.46. The number of aliphatic hydroxyl groups excluding tert-OH is 2. The first-order valence-electron chi connectivity index (χ1n) is 22.0. The van der Waals surface area contributed by atoms with Gasteiger partial charge in [-0.1, -0.05) is 199 Å². The van der Waals surface area contributed by atoms with Crippen LogP contribution in [0.5, 0.6) is 0 Å². The molecule has 0 saturated heterocycles. The highest BCUT2D eigenvalue weighted by Gasteiger charge is 2.18. The minimum Gasteiger partial charge on any atom is -0.466 e. The molecule has 0 aliphatic rings. The Labute approximate surface area is 310 Å². The van der Waals surface area contributed by atoms with Gasteiger partial charge in [0, 0.05) is 12.8 Å². The van der Waals surface area contributed by atoms with E-state index in [0.717, 1.165) is 57.8 Å². The maximum Gasteiger partial charge on any atom is 0.305 e. The van der Waals surface area contributed by atoms with Crippen LogP contribution in [0.3, 0.4) is 0 Å². The summed E-state index contributed by atoms with van der Waals surface area (Å²) in [5.41, 5.74) is 0. The quantitative estimate of drug-likeness (QED) is 0.0335. The molecule has 2 unspecified atom stereocenters. The number of allylic oxidation sites excluding steroid dienone is 1. The maximum absolute atomic E-state index is 12.3. The van der Waals surface area contributed by atoms with Crippen molar-refractivity contribution in [3.05, 3.63) is 12.2 Å². The van der Waals surface area contributed by atoms with Crippen LogP contribution in [-0.2, 0) is 14.3 Å². The largest absolute Gasteiger partial charge is 0.466 e. The first-order chi connectivity index (χ1) is 24.5. The molecule has 0 radical (unpaired) electrons. The number of rotatable bonds is 40. The van der Waals surface area contributed by atoms with Crippen LogP contribution in [0.2, 0.25) is 0 Å². The van der Waals surface area contributed by atoms with E-state index in [9.17, 15) is 19.8 Å². The van der Waals surface area contributed by atoms with E-state index in [1.807, 2.05) is 6.08 Å². The molecule has 0 aromatic heterocycles. The number of nitrogens with one attached hydrogen (secondary N) is 1. The number of hydrogen-bond acceptors (Lipinski definition) is 5.